The van der Waals surface area contributed by atoms with E-state index in [1.807, 2.05) is 6.07 Å². The van der Waals surface area contributed by atoms with Crippen LogP contribution in [-0.2, 0) is 4.79 Å². The van der Waals surface area contributed by atoms with E-state index in [0.29, 0.717) is 24.9 Å². The molecule has 5 heteroatoms. The molecule has 18 heavy (non-hydrogen) atoms. The van der Waals surface area contributed by atoms with Crippen LogP contribution in [0.3, 0.4) is 0 Å². The Balaban J connectivity index is 2.15. The maximum Gasteiger partial charge on any atom is 0.320 e. The van der Waals surface area contributed by atoms with Crippen molar-refractivity contribution in [1.82, 2.24) is 5.32 Å². The zero-order valence-corrected chi connectivity index (χ0v) is 10.1. The molecule has 0 saturated carbocycles. The molecule has 0 aliphatic heterocycles. The van der Waals surface area contributed by atoms with Gasteiger partial charge in [-0.3, -0.25) is 9.59 Å². The number of hydrogen-bond donors (Lipinski definition) is 3. The Labute approximate surface area is 106 Å². The van der Waals surface area contributed by atoms with Crippen molar-refractivity contribution < 1.29 is 14.7 Å². The maximum atomic E-state index is 11.6. The molecule has 0 spiro atoms. The van der Waals surface area contributed by atoms with Gasteiger partial charge >= 0.3 is 5.97 Å². The van der Waals surface area contributed by atoms with Gasteiger partial charge in [0.1, 0.15) is 6.04 Å². The van der Waals surface area contributed by atoms with Gasteiger partial charge in [0.2, 0.25) is 0 Å². The van der Waals surface area contributed by atoms with Gasteiger partial charge in [0.25, 0.3) is 5.91 Å². The van der Waals surface area contributed by atoms with Crippen molar-refractivity contribution in [3.8, 4) is 0 Å². The van der Waals surface area contributed by atoms with Crippen LogP contribution in [0, 0.1) is 0 Å². The summed E-state index contributed by atoms with van der Waals surface area (Å²) in [6.45, 7) is 0.528. The van der Waals surface area contributed by atoms with E-state index < -0.39 is 12.0 Å². The van der Waals surface area contributed by atoms with E-state index in [0.717, 1.165) is 6.42 Å². The number of rotatable bonds is 7. The predicted octanol–water partition coefficient (Wildman–Crippen LogP) is 0.999. The van der Waals surface area contributed by atoms with Gasteiger partial charge in [-0.15, -0.1) is 0 Å². The van der Waals surface area contributed by atoms with Crippen LogP contribution < -0.4 is 11.1 Å². The molecule has 1 aromatic rings. The lowest BCUT2D eigenvalue weighted by molar-refractivity contribution is -0.138. The number of hydrogen-bond acceptors (Lipinski definition) is 3. The van der Waals surface area contributed by atoms with E-state index in [-0.39, 0.29) is 5.91 Å². The number of nitrogens with one attached hydrogen (secondary N) is 1. The van der Waals surface area contributed by atoms with E-state index >= 15 is 0 Å². The first-order valence-electron chi connectivity index (χ1n) is 5.93. The number of nitrogens with two attached hydrogens (primary N) is 1. The van der Waals surface area contributed by atoms with Crippen LogP contribution in [0.5, 0.6) is 0 Å². The SMILES string of the molecule is N[C@@H](CCCCNC(=O)c1ccccc1)C(=O)O. The first kappa shape index (κ1) is 14.2. The van der Waals surface area contributed by atoms with Gasteiger partial charge in [0.15, 0.2) is 0 Å². The van der Waals surface area contributed by atoms with Crippen molar-refractivity contribution in [3.05, 3.63) is 35.9 Å². The zero-order valence-electron chi connectivity index (χ0n) is 10.1. The van der Waals surface area contributed by atoms with E-state index in [4.69, 9.17) is 10.8 Å². The van der Waals surface area contributed by atoms with Gasteiger partial charge in [0.05, 0.1) is 0 Å². The summed E-state index contributed by atoms with van der Waals surface area (Å²) in [6, 6.07) is 8.15. The maximum absolute atomic E-state index is 11.6. The van der Waals surface area contributed by atoms with Gasteiger partial charge in [-0.1, -0.05) is 18.2 Å². The van der Waals surface area contributed by atoms with Crippen LogP contribution in [-0.4, -0.2) is 29.6 Å². The average Bonchev–Trinajstić information content (AvgIpc) is 2.38. The molecule has 0 bridgehead atoms. The Hall–Kier alpha value is -1.88. The van der Waals surface area contributed by atoms with Crippen LogP contribution in [0.25, 0.3) is 0 Å². The molecule has 0 radical (unpaired) electrons. The minimum atomic E-state index is -0.983. The fraction of sp³-hybridized carbons (Fsp3) is 0.385. The number of carbonyl (C=O) groups is 2. The quantitative estimate of drug-likeness (QED) is 0.629. The van der Waals surface area contributed by atoms with Crippen molar-refractivity contribution >= 4 is 11.9 Å². The first-order valence-corrected chi connectivity index (χ1v) is 5.93. The minimum Gasteiger partial charge on any atom is -0.480 e. The van der Waals surface area contributed by atoms with Crippen LogP contribution in [0.1, 0.15) is 29.6 Å². The first-order chi connectivity index (χ1) is 8.61. The highest BCUT2D eigenvalue weighted by Crippen LogP contribution is 2.00. The molecule has 1 rings (SSSR count). The zero-order chi connectivity index (χ0) is 13.4. The molecule has 0 heterocycles. The lowest BCUT2D eigenvalue weighted by Gasteiger charge is -2.07. The highest BCUT2D eigenvalue weighted by Gasteiger charge is 2.10. The van der Waals surface area contributed by atoms with Crippen molar-refractivity contribution in [3.63, 3.8) is 0 Å². The largest absolute Gasteiger partial charge is 0.480 e. The van der Waals surface area contributed by atoms with Gasteiger partial charge in [0, 0.05) is 12.1 Å². The van der Waals surface area contributed by atoms with Crippen molar-refractivity contribution in [2.24, 2.45) is 5.73 Å². The molecule has 0 unspecified atom stereocenters. The Morgan fingerprint density at radius 3 is 2.50 bits per heavy atom. The van der Waals surface area contributed by atoms with Crippen molar-refractivity contribution in [2.45, 2.75) is 25.3 Å². The normalized spacial score (nSPS) is 11.8. The van der Waals surface area contributed by atoms with Crippen molar-refractivity contribution in [1.29, 1.82) is 0 Å². The van der Waals surface area contributed by atoms with Crippen LogP contribution in [0.4, 0.5) is 0 Å². The lowest BCUT2D eigenvalue weighted by atomic mass is 10.1. The average molecular weight is 250 g/mol. The molecule has 98 valence electrons. The summed E-state index contributed by atoms with van der Waals surface area (Å²) < 4.78 is 0. The Kier molecular flexibility index (Phi) is 5.87. The van der Waals surface area contributed by atoms with E-state index in [1.165, 1.54) is 0 Å². The number of carboxylic acid groups (broad SMARTS) is 1. The monoisotopic (exact) mass is 250 g/mol. The molecule has 1 amide bonds. The molecule has 0 saturated heterocycles. The molecular weight excluding hydrogens is 232 g/mol. The molecule has 0 fully saturated rings. The Bertz CT molecular complexity index is 392. The third kappa shape index (κ3) is 4.97. The molecule has 1 aromatic carbocycles. The smallest absolute Gasteiger partial charge is 0.320 e. The number of aliphatic carboxylic acids is 1. The summed E-state index contributed by atoms with van der Waals surface area (Å²) in [7, 11) is 0. The molecule has 5 nitrogen and oxygen atoms in total. The standard InChI is InChI=1S/C13H18N2O3/c14-11(13(17)18)8-4-5-9-15-12(16)10-6-2-1-3-7-10/h1-3,6-7,11H,4-5,8-9,14H2,(H,15,16)(H,17,18)/t11-/m0/s1. The number of amides is 1. The highest BCUT2D eigenvalue weighted by atomic mass is 16.4. The molecular formula is C13H18N2O3. The van der Waals surface area contributed by atoms with E-state index in [9.17, 15) is 9.59 Å². The molecule has 0 aliphatic rings. The lowest BCUT2D eigenvalue weighted by Crippen LogP contribution is -2.30. The summed E-state index contributed by atoms with van der Waals surface area (Å²) in [5, 5.41) is 11.4. The van der Waals surface area contributed by atoms with Gasteiger partial charge in [-0.2, -0.15) is 0 Å². The summed E-state index contributed by atoms with van der Waals surface area (Å²) in [5.41, 5.74) is 5.99. The number of carbonyl (C=O) groups excluding carboxylic acids is 1. The summed E-state index contributed by atoms with van der Waals surface area (Å²) in [5.74, 6) is -1.10. The third-order valence-corrected chi connectivity index (χ3v) is 2.58. The van der Waals surface area contributed by atoms with Gasteiger partial charge in [-0.25, -0.2) is 0 Å². The molecule has 1 atom stereocenters. The topological polar surface area (TPSA) is 92.4 Å². The van der Waals surface area contributed by atoms with E-state index in [1.54, 1.807) is 24.3 Å². The number of carboxylic acids is 1. The van der Waals surface area contributed by atoms with E-state index in [2.05, 4.69) is 5.32 Å². The third-order valence-electron chi connectivity index (χ3n) is 2.58. The fourth-order valence-corrected chi connectivity index (χ4v) is 1.51. The highest BCUT2D eigenvalue weighted by molar-refractivity contribution is 5.94. The van der Waals surface area contributed by atoms with Crippen LogP contribution in [0.15, 0.2) is 30.3 Å². The summed E-state index contributed by atoms with van der Waals surface area (Å²) >= 11 is 0. The summed E-state index contributed by atoms with van der Waals surface area (Å²) in [4.78, 5) is 22.1. The van der Waals surface area contributed by atoms with Gasteiger partial charge < -0.3 is 16.2 Å². The predicted molar refractivity (Wildman–Crippen MR) is 68.2 cm³/mol. The van der Waals surface area contributed by atoms with Crippen molar-refractivity contribution in [2.75, 3.05) is 6.54 Å². The number of benzene rings is 1. The number of unbranched alkanes of at least 4 members (excludes halogenated alkanes) is 1. The minimum absolute atomic E-state index is 0.113. The molecule has 0 aromatic heterocycles. The second kappa shape index (κ2) is 7.45. The second-order valence-electron chi connectivity index (χ2n) is 4.06. The Morgan fingerprint density at radius 2 is 1.89 bits per heavy atom. The van der Waals surface area contributed by atoms with Crippen LogP contribution >= 0.6 is 0 Å². The summed E-state index contributed by atoms with van der Waals surface area (Å²) in [6.07, 6.45) is 1.83. The molecule has 4 N–H and O–H groups in total. The fourth-order valence-electron chi connectivity index (χ4n) is 1.51. The van der Waals surface area contributed by atoms with Crippen LogP contribution in [0.2, 0.25) is 0 Å². The molecule has 0 aliphatic carbocycles. The second-order valence-corrected chi connectivity index (χ2v) is 4.06. The Morgan fingerprint density at radius 1 is 1.22 bits per heavy atom. The van der Waals surface area contributed by atoms with Gasteiger partial charge in [-0.05, 0) is 31.4 Å².